The van der Waals surface area contributed by atoms with Gasteiger partial charge in [0.1, 0.15) is 16.9 Å². The Morgan fingerprint density at radius 1 is 1.27 bits per heavy atom. The molecule has 4 rings (SSSR count). The van der Waals surface area contributed by atoms with Crippen molar-refractivity contribution in [3.8, 4) is 11.3 Å². The molecule has 3 heterocycles. The second-order valence-corrected chi connectivity index (χ2v) is 6.23. The van der Waals surface area contributed by atoms with Crippen molar-refractivity contribution in [1.29, 1.82) is 0 Å². The van der Waals surface area contributed by atoms with E-state index >= 15 is 0 Å². The lowest BCUT2D eigenvalue weighted by molar-refractivity contribution is 0.0697. The molecule has 0 amide bonds. The SMILES string of the molecule is O=C(O)c1ccc(/C=N\n2cnc3scc(-c4ccco4)c3c2=O)cc1. The first-order chi connectivity index (χ1) is 12.6. The number of hydrogen-bond acceptors (Lipinski definition) is 6. The summed E-state index contributed by atoms with van der Waals surface area (Å²) in [4.78, 5) is 28.5. The van der Waals surface area contributed by atoms with Crippen molar-refractivity contribution >= 4 is 33.7 Å². The summed E-state index contributed by atoms with van der Waals surface area (Å²) in [7, 11) is 0. The van der Waals surface area contributed by atoms with E-state index in [4.69, 9.17) is 9.52 Å². The van der Waals surface area contributed by atoms with E-state index in [1.165, 1.54) is 36.0 Å². The number of furan rings is 1. The van der Waals surface area contributed by atoms with Crippen LogP contribution in [0.1, 0.15) is 15.9 Å². The molecule has 0 atom stereocenters. The third-order valence-electron chi connectivity index (χ3n) is 3.75. The molecule has 3 aromatic heterocycles. The summed E-state index contributed by atoms with van der Waals surface area (Å²) in [5, 5.41) is 15.3. The van der Waals surface area contributed by atoms with Gasteiger partial charge in [-0.25, -0.2) is 9.78 Å². The Hall–Kier alpha value is -3.52. The van der Waals surface area contributed by atoms with Crippen molar-refractivity contribution in [2.24, 2.45) is 5.10 Å². The average Bonchev–Trinajstić information content (AvgIpc) is 3.31. The van der Waals surface area contributed by atoms with Crippen LogP contribution in [0.2, 0.25) is 0 Å². The van der Waals surface area contributed by atoms with E-state index in [1.54, 1.807) is 30.5 Å². The lowest BCUT2D eigenvalue weighted by Gasteiger charge is -2.00. The number of thiophene rings is 1. The zero-order chi connectivity index (χ0) is 18.1. The van der Waals surface area contributed by atoms with E-state index in [9.17, 15) is 9.59 Å². The smallest absolute Gasteiger partial charge is 0.335 e. The van der Waals surface area contributed by atoms with Crippen molar-refractivity contribution in [3.05, 3.63) is 75.8 Å². The van der Waals surface area contributed by atoms with Gasteiger partial charge in [-0.05, 0) is 29.8 Å². The minimum absolute atomic E-state index is 0.184. The van der Waals surface area contributed by atoms with Gasteiger partial charge in [-0.15, -0.1) is 11.3 Å². The first-order valence-corrected chi connectivity index (χ1v) is 8.42. The number of benzene rings is 1. The van der Waals surface area contributed by atoms with Crippen LogP contribution in [0.3, 0.4) is 0 Å². The molecule has 0 unspecified atom stereocenters. The van der Waals surface area contributed by atoms with Crippen LogP contribution in [-0.4, -0.2) is 27.0 Å². The predicted octanol–water partition coefficient (Wildman–Crippen LogP) is 3.30. The summed E-state index contributed by atoms with van der Waals surface area (Å²) >= 11 is 1.36. The maximum Gasteiger partial charge on any atom is 0.335 e. The Balaban J connectivity index is 1.73. The van der Waals surface area contributed by atoms with E-state index in [0.717, 1.165) is 4.68 Å². The summed E-state index contributed by atoms with van der Waals surface area (Å²) in [5.74, 6) is -0.400. The highest BCUT2D eigenvalue weighted by molar-refractivity contribution is 7.17. The van der Waals surface area contributed by atoms with Gasteiger partial charge in [0.25, 0.3) is 5.56 Å². The molecule has 7 nitrogen and oxygen atoms in total. The Morgan fingerprint density at radius 3 is 2.77 bits per heavy atom. The number of aromatic carboxylic acids is 1. The standard InChI is InChI=1S/C18H11N3O4S/c22-17-15-13(14-2-1-7-25-14)9-26-16(15)19-10-21(17)20-8-11-3-5-12(6-4-11)18(23)24/h1-10H,(H,23,24)/b20-8-. The molecular weight excluding hydrogens is 354 g/mol. The molecule has 0 saturated carbocycles. The average molecular weight is 365 g/mol. The minimum Gasteiger partial charge on any atom is -0.478 e. The lowest BCUT2D eigenvalue weighted by atomic mass is 10.1. The molecule has 4 aromatic rings. The highest BCUT2D eigenvalue weighted by Gasteiger charge is 2.14. The van der Waals surface area contributed by atoms with Crippen molar-refractivity contribution < 1.29 is 14.3 Å². The third-order valence-corrected chi connectivity index (χ3v) is 4.64. The summed E-state index contributed by atoms with van der Waals surface area (Å²) in [6, 6.07) is 9.72. The number of fused-ring (bicyclic) bond motifs is 1. The van der Waals surface area contributed by atoms with E-state index < -0.39 is 5.97 Å². The largest absolute Gasteiger partial charge is 0.478 e. The quantitative estimate of drug-likeness (QED) is 0.560. The van der Waals surface area contributed by atoms with Crippen molar-refractivity contribution in [3.63, 3.8) is 0 Å². The van der Waals surface area contributed by atoms with Gasteiger partial charge in [-0.3, -0.25) is 4.79 Å². The number of rotatable bonds is 4. The van der Waals surface area contributed by atoms with E-state index in [1.807, 2.05) is 5.38 Å². The van der Waals surface area contributed by atoms with Gasteiger partial charge in [-0.1, -0.05) is 12.1 Å². The van der Waals surface area contributed by atoms with Gasteiger partial charge in [0.15, 0.2) is 0 Å². The summed E-state index contributed by atoms with van der Waals surface area (Å²) < 4.78 is 6.53. The zero-order valence-electron chi connectivity index (χ0n) is 13.2. The summed E-state index contributed by atoms with van der Waals surface area (Å²) in [6.45, 7) is 0. The summed E-state index contributed by atoms with van der Waals surface area (Å²) in [5.41, 5.74) is 1.23. The van der Waals surface area contributed by atoms with Crippen molar-refractivity contribution in [1.82, 2.24) is 9.66 Å². The van der Waals surface area contributed by atoms with Crippen LogP contribution < -0.4 is 5.56 Å². The van der Waals surface area contributed by atoms with Crippen LogP contribution >= 0.6 is 11.3 Å². The number of hydrogen-bond donors (Lipinski definition) is 1. The highest BCUT2D eigenvalue weighted by atomic mass is 32.1. The Kier molecular flexibility index (Phi) is 3.94. The van der Waals surface area contributed by atoms with E-state index in [2.05, 4.69) is 10.1 Å². The van der Waals surface area contributed by atoms with E-state index in [-0.39, 0.29) is 11.1 Å². The van der Waals surface area contributed by atoms with Gasteiger partial charge < -0.3 is 9.52 Å². The highest BCUT2D eigenvalue weighted by Crippen LogP contribution is 2.30. The molecule has 0 spiro atoms. The van der Waals surface area contributed by atoms with Crippen LogP contribution in [0, 0.1) is 0 Å². The fraction of sp³-hybridized carbons (Fsp3) is 0. The molecule has 0 bridgehead atoms. The molecule has 26 heavy (non-hydrogen) atoms. The number of carboxylic acids is 1. The van der Waals surface area contributed by atoms with Gasteiger partial charge >= 0.3 is 5.97 Å². The molecule has 0 aliphatic carbocycles. The summed E-state index contributed by atoms with van der Waals surface area (Å²) in [6.07, 6.45) is 4.38. The molecular formula is C18H11N3O4S. The molecule has 1 N–H and O–H groups in total. The van der Waals surface area contributed by atoms with Crippen LogP contribution in [0.5, 0.6) is 0 Å². The predicted molar refractivity (Wildman–Crippen MR) is 98.0 cm³/mol. The normalized spacial score (nSPS) is 11.4. The second-order valence-electron chi connectivity index (χ2n) is 5.37. The monoisotopic (exact) mass is 365 g/mol. The topological polar surface area (TPSA) is 97.7 Å². The molecule has 1 aromatic carbocycles. The van der Waals surface area contributed by atoms with E-state index in [0.29, 0.717) is 27.1 Å². The first kappa shape index (κ1) is 16.0. The van der Waals surface area contributed by atoms with Gasteiger partial charge in [0.2, 0.25) is 0 Å². The molecule has 0 saturated heterocycles. The van der Waals surface area contributed by atoms with Gasteiger partial charge in [-0.2, -0.15) is 9.78 Å². The molecule has 0 fully saturated rings. The van der Waals surface area contributed by atoms with Crippen LogP contribution in [0.25, 0.3) is 21.5 Å². The number of carboxylic acid groups (broad SMARTS) is 1. The maximum absolute atomic E-state index is 12.8. The molecule has 0 aliphatic heterocycles. The van der Waals surface area contributed by atoms with Crippen LogP contribution in [0.15, 0.2) is 68.7 Å². The van der Waals surface area contributed by atoms with Gasteiger partial charge in [0, 0.05) is 10.9 Å². The maximum atomic E-state index is 12.8. The Labute approximate surface area is 150 Å². The first-order valence-electron chi connectivity index (χ1n) is 7.54. The Morgan fingerprint density at radius 2 is 2.08 bits per heavy atom. The van der Waals surface area contributed by atoms with Crippen LogP contribution in [0.4, 0.5) is 0 Å². The van der Waals surface area contributed by atoms with Crippen molar-refractivity contribution in [2.45, 2.75) is 0 Å². The molecule has 8 heteroatoms. The molecule has 128 valence electrons. The number of aromatic nitrogens is 2. The molecule has 0 radical (unpaired) electrons. The fourth-order valence-corrected chi connectivity index (χ4v) is 3.35. The van der Waals surface area contributed by atoms with Crippen molar-refractivity contribution in [2.75, 3.05) is 0 Å². The second kappa shape index (κ2) is 6.41. The van der Waals surface area contributed by atoms with Crippen LogP contribution in [-0.2, 0) is 0 Å². The number of carbonyl (C=O) groups is 1. The Bertz CT molecular complexity index is 1170. The number of nitrogens with zero attached hydrogens (tertiary/aromatic N) is 3. The zero-order valence-corrected chi connectivity index (χ0v) is 14.0. The fourth-order valence-electron chi connectivity index (χ4n) is 2.46. The van der Waals surface area contributed by atoms with Gasteiger partial charge in [0.05, 0.1) is 23.4 Å². The lowest BCUT2D eigenvalue weighted by Crippen LogP contribution is -2.16. The minimum atomic E-state index is -0.998. The third kappa shape index (κ3) is 2.82. The molecule has 0 aliphatic rings.